The maximum atomic E-state index is 12.3. The van der Waals surface area contributed by atoms with Crippen LogP contribution in [0.2, 0.25) is 0 Å². The number of aromatic nitrogens is 2. The zero-order valence-electron chi connectivity index (χ0n) is 19.6. The van der Waals surface area contributed by atoms with Crippen LogP contribution in [0.5, 0.6) is 0 Å². The molecule has 8 heteroatoms. The van der Waals surface area contributed by atoms with Gasteiger partial charge in [-0.1, -0.05) is 47.6 Å². The Balaban J connectivity index is 1.66. The lowest BCUT2D eigenvalue weighted by Crippen LogP contribution is -2.14. The smallest absolute Gasteiger partial charge is 0.335 e. The van der Waals surface area contributed by atoms with Crippen molar-refractivity contribution in [2.45, 2.75) is 13.8 Å². The molecule has 0 fully saturated rings. The van der Waals surface area contributed by atoms with Crippen LogP contribution in [0.3, 0.4) is 0 Å². The molecule has 0 aliphatic carbocycles. The second kappa shape index (κ2) is 8.99. The number of pyridine rings is 1. The second-order valence-corrected chi connectivity index (χ2v) is 8.44. The Hall–Kier alpha value is -4.98. The molecule has 5 aromatic rings. The van der Waals surface area contributed by atoms with Gasteiger partial charge < -0.3 is 20.7 Å². The summed E-state index contributed by atoms with van der Waals surface area (Å²) in [7, 11) is 0. The first-order valence-electron chi connectivity index (χ1n) is 11.2. The number of carbonyl (C=O) groups is 2. The monoisotopic (exact) mass is 478 g/mol. The molecule has 2 heterocycles. The number of carboxylic acids is 1. The van der Waals surface area contributed by atoms with Crippen molar-refractivity contribution in [2.24, 2.45) is 5.73 Å². The molecule has 0 radical (unpaired) electrons. The van der Waals surface area contributed by atoms with E-state index in [1.54, 1.807) is 6.07 Å². The Bertz CT molecular complexity index is 1620. The van der Waals surface area contributed by atoms with Crippen molar-refractivity contribution >= 4 is 34.2 Å². The third-order valence-electron chi connectivity index (χ3n) is 6.01. The van der Waals surface area contributed by atoms with E-state index in [2.05, 4.69) is 15.5 Å². The first kappa shape index (κ1) is 22.8. The van der Waals surface area contributed by atoms with E-state index in [9.17, 15) is 14.7 Å². The fourth-order valence-corrected chi connectivity index (χ4v) is 4.33. The molecule has 2 aromatic heterocycles. The van der Waals surface area contributed by atoms with Gasteiger partial charge in [0.05, 0.1) is 28.0 Å². The number of nitrogens with zero attached hydrogens (tertiary/aromatic N) is 2. The number of fused-ring (bicyclic) bond motifs is 1. The van der Waals surface area contributed by atoms with Gasteiger partial charge in [-0.3, -0.25) is 9.78 Å². The molecule has 0 spiro atoms. The molecule has 0 saturated heterocycles. The van der Waals surface area contributed by atoms with Gasteiger partial charge in [0.15, 0.2) is 0 Å². The molecular formula is C28H22N4O4. The molecule has 4 N–H and O–H groups in total. The van der Waals surface area contributed by atoms with Crippen LogP contribution in [0.4, 0.5) is 11.4 Å². The number of hydrogen-bond donors (Lipinski definition) is 3. The average Bonchev–Trinajstić information content (AvgIpc) is 3.21. The van der Waals surface area contributed by atoms with Gasteiger partial charge in [0, 0.05) is 22.8 Å². The number of aryl methyl sites for hydroxylation is 2. The Labute approximate surface area is 206 Å². The predicted molar refractivity (Wildman–Crippen MR) is 137 cm³/mol. The lowest BCUT2D eigenvalue weighted by atomic mass is 9.99. The normalized spacial score (nSPS) is 10.9. The molecule has 3 aromatic carbocycles. The zero-order chi connectivity index (χ0) is 25.4. The van der Waals surface area contributed by atoms with Gasteiger partial charge in [-0.2, -0.15) is 0 Å². The van der Waals surface area contributed by atoms with E-state index in [4.69, 9.17) is 10.3 Å². The average molecular weight is 479 g/mol. The third kappa shape index (κ3) is 4.16. The van der Waals surface area contributed by atoms with E-state index >= 15 is 0 Å². The molecule has 0 saturated carbocycles. The first-order chi connectivity index (χ1) is 17.3. The summed E-state index contributed by atoms with van der Waals surface area (Å²) >= 11 is 0. The molecule has 5 rings (SSSR count). The van der Waals surface area contributed by atoms with E-state index in [-0.39, 0.29) is 11.1 Å². The number of carboxylic acid groups (broad SMARTS) is 1. The maximum Gasteiger partial charge on any atom is 0.335 e. The highest BCUT2D eigenvalue weighted by atomic mass is 16.5. The van der Waals surface area contributed by atoms with Crippen LogP contribution < -0.4 is 11.1 Å². The summed E-state index contributed by atoms with van der Waals surface area (Å²) in [5.41, 5.74) is 11.6. The van der Waals surface area contributed by atoms with Gasteiger partial charge in [0.2, 0.25) is 0 Å². The minimum Gasteiger partial charge on any atom is -0.478 e. The van der Waals surface area contributed by atoms with Crippen molar-refractivity contribution in [3.8, 4) is 22.3 Å². The van der Waals surface area contributed by atoms with Gasteiger partial charge in [0.1, 0.15) is 5.76 Å². The highest BCUT2D eigenvalue weighted by Crippen LogP contribution is 2.35. The molecule has 36 heavy (non-hydrogen) atoms. The van der Waals surface area contributed by atoms with Crippen LogP contribution in [0, 0.1) is 13.8 Å². The summed E-state index contributed by atoms with van der Waals surface area (Å²) in [6, 6.07) is 20.0. The number of nitrogens with two attached hydrogens (primary N) is 1. The van der Waals surface area contributed by atoms with Gasteiger partial charge >= 0.3 is 5.97 Å². The van der Waals surface area contributed by atoms with Crippen molar-refractivity contribution in [1.29, 1.82) is 0 Å². The summed E-state index contributed by atoms with van der Waals surface area (Å²) in [6.07, 6.45) is 1.42. The van der Waals surface area contributed by atoms with Crippen LogP contribution in [0.1, 0.15) is 32.2 Å². The fourth-order valence-electron chi connectivity index (χ4n) is 4.33. The van der Waals surface area contributed by atoms with Crippen LogP contribution in [-0.4, -0.2) is 27.1 Å². The van der Waals surface area contributed by atoms with Crippen molar-refractivity contribution in [3.63, 3.8) is 0 Å². The van der Waals surface area contributed by atoms with Crippen LogP contribution in [-0.2, 0) is 0 Å². The molecule has 0 atom stereocenters. The molecule has 1 amide bonds. The molecular weight excluding hydrogens is 456 g/mol. The summed E-state index contributed by atoms with van der Waals surface area (Å²) in [5, 5.41) is 17.6. The third-order valence-corrected chi connectivity index (χ3v) is 6.01. The number of benzene rings is 3. The number of nitrogens with one attached hydrogen (secondary N) is 1. The number of amides is 1. The second-order valence-electron chi connectivity index (χ2n) is 8.44. The van der Waals surface area contributed by atoms with E-state index in [0.717, 1.165) is 27.9 Å². The van der Waals surface area contributed by atoms with E-state index < -0.39 is 11.9 Å². The SMILES string of the molecule is Cc1noc(C)c1-c1ccc2c(Nc3cc(C(=O)O)cc(-c4ccccc4)c3)c(C(N)=O)cnc2c1. The predicted octanol–water partition coefficient (Wildman–Crippen LogP) is 5.71. The van der Waals surface area contributed by atoms with Crippen LogP contribution >= 0.6 is 0 Å². The molecule has 0 bridgehead atoms. The summed E-state index contributed by atoms with van der Waals surface area (Å²) in [5.74, 6) is -1.02. The minimum atomic E-state index is -1.06. The first-order valence-corrected chi connectivity index (χ1v) is 11.2. The quantitative estimate of drug-likeness (QED) is 0.285. The van der Waals surface area contributed by atoms with Crippen molar-refractivity contribution < 1.29 is 19.2 Å². The zero-order valence-corrected chi connectivity index (χ0v) is 19.6. The van der Waals surface area contributed by atoms with E-state index in [1.165, 1.54) is 12.3 Å². The Morgan fingerprint density at radius 2 is 1.72 bits per heavy atom. The van der Waals surface area contributed by atoms with Gasteiger partial charge in [-0.25, -0.2) is 4.79 Å². The number of carbonyl (C=O) groups excluding carboxylic acids is 1. The Morgan fingerprint density at radius 1 is 0.944 bits per heavy atom. The Morgan fingerprint density at radius 3 is 2.39 bits per heavy atom. The van der Waals surface area contributed by atoms with Gasteiger partial charge in [-0.15, -0.1) is 0 Å². The standard InChI is InChI=1S/C28H22N4O4/c1-15-25(16(2)36-32-15)18-8-9-22-24(13-18)30-14-23(27(29)33)26(22)31-21-11-19(10-20(12-21)28(34)35)17-6-4-3-5-7-17/h3-14H,1-2H3,(H2,29,33)(H,30,31)(H,34,35). The number of anilines is 2. The van der Waals surface area contributed by atoms with E-state index in [0.29, 0.717) is 28.0 Å². The summed E-state index contributed by atoms with van der Waals surface area (Å²) in [4.78, 5) is 28.6. The molecule has 178 valence electrons. The summed E-state index contributed by atoms with van der Waals surface area (Å²) < 4.78 is 5.30. The lowest BCUT2D eigenvalue weighted by Gasteiger charge is -2.15. The van der Waals surface area contributed by atoms with Crippen LogP contribution in [0.25, 0.3) is 33.2 Å². The summed E-state index contributed by atoms with van der Waals surface area (Å²) in [6.45, 7) is 3.71. The van der Waals surface area contributed by atoms with Crippen molar-refractivity contribution in [1.82, 2.24) is 10.1 Å². The number of primary amides is 1. The molecule has 8 nitrogen and oxygen atoms in total. The number of rotatable bonds is 6. The maximum absolute atomic E-state index is 12.3. The van der Waals surface area contributed by atoms with Crippen molar-refractivity contribution in [3.05, 3.63) is 95.5 Å². The highest BCUT2D eigenvalue weighted by molar-refractivity contribution is 6.08. The lowest BCUT2D eigenvalue weighted by molar-refractivity contribution is 0.0696. The number of aromatic carboxylic acids is 1. The van der Waals surface area contributed by atoms with Crippen molar-refractivity contribution in [2.75, 3.05) is 5.32 Å². The molecule has 0 unspecified atom stereocenters. The highest BCUT2D eigenvalue weighted by Gasteiger charge is 2.18. The largest absolute Gasteiger partial charge is 0.478 e. The fraction of sp³-hybridized carbons (Fsp3) is 0.0714. The number of hydrogen-bond acceptors (Lipinski definition) is 6. The van der Waals surface area contributed by atoms with Crippen LogP contribution in [0.15, 0.2) is 77.4 Å². The van der Waals surface area contributed by atoms with Gasteiger partial charge in [0.25, 0.3) is 5.91 Å². The van der Waals surface area contributed by atoms with Gasteiger partial charge in [-0.05, 0) is 54.8 Å². The minimum absolute atomic E-state index is 0.110. The molecule has 0 aliphatic heterocycles. The Kier molecular flexibility index (Phi) is 5.69. The van der Waals surface area contributed by atoms with E-state index in [1.807, 2.05) is 68.4 Å². The molecule has 0 aliphatic rings. The topological polar surface area (TPSA) is 131 Å².